The van der Waals surface area contributed by atoms with Gasteiger partial charge in [-0.15, -0.1) is 11.3 Å². The Kier molecular flexibility index (Phi) is 3.69. The van der Waals surface area contributed by atoms with Crippen molar-refractivity contribution in [3.8, 4) is 11.9 Å². The van der Waals surface area contributed by atoms with Crippen molar-refractivity contribution >= 4 is 33.6 Å². The van der Waals surface area contributed by atoms with Crippen LogP contribution in [-0.4, -0.2) is 16.5 Å². The largest absolute Gasteiger partial charge is 0.480 e. The third-order valence-corrected chi connectivity index (χ3v) is 4.14. The molecule has 0 spiro atoms. The highest BCUT2D eigenvalue weighted by molar-refractivity contribution is 7.15. The summed E-state index contributed by atoms with van der Waals surface area (Å²) in [7, 11) is 1.61. The van der Waals surface area contributed by atoms with Gasteiger partial charge in [0, 0.05) is 17.3 Å². The lowest BCUT2D eigenvalue weighted by Crippen LogP contribution is -2.03. The molecule has 0 unspecified atom stereocenters. The van der Waals surface area contributed by atoms with Crippen molar-refractivity contribution in [2.75, 3.05) is 12.4 Å². The minimum Gasteiger partial charge on any atom is -0.480 e. The predicted octanol–water partition coefficient (Wildman–Crippen LogP) is 3.54. The van der Waals surface area contributed by atoms with Gasteiger partial charge >= 0.3 is 0 Å². The van der Waals surface area contributed by atoms with Crippen LogP contribution in [0, 0.1) is 11.3 Å². The van der Waals surface area contributed by atoms with Crippen molar-refractivity contribution in [1.29, 1.82) is 5.26 Å². The number of halogens is 1. The molecule has 0 radical (unpaired) electrons. The topological polar surface area (TPSA) is 62.4 Å². The van der Waals surface area contributed by atoms with E-state index in [1.165, 1.54) is 0 Å². The Morgan fingerprint density at radius 1 is 1.52 bits per heavy atom. The number of thiazole rings is 1. The van der Waals surface area contributed by atoms with Gasteiger partial charge in [-0.1, -0.05) is 11.6 Å². The normalized spacial score (nSPS) is 10.5. The smallest absolute Gasteiger partial charge is 0.238 e. The molecule has 3 aromatic rings. The Labute approximate surface area is 130 Å². The van der Waals surface area contributed by atoms with Gasteiger partial charge in [-0.25, -0.2) is 0 Å². The number of hydrogen-bond donors (Lipinski definition) is 1. The number of rotatable bonds is 4. The second-order valence-electron chi connectivity index (χ2n) is 4.28. The second kappa shape index (κ2) is 5.64. The van der Waals surface area contributed by atoms with Gasteiger partial charge in [-0.3, -0.25) is 4.40 Å². The molecular weight excluding hydrogens is 308 g/mol. The molecule has 7 heteroatoms. The third-order valence-electron chi connectivity index (χ3n) is 3.07. The fraction of sp³-hybridized carbons (Fsp3) is 0.143. The summed E-state index contributed by atoms with van der Waals surface area (Å²) in [4.78, 5) is 5.29. The monoisotopic (exact) mass is 318 g/mol. The zero-order valence-corrected chi connectivity index (χ0v) is 12.7. The maximum absolute atomic E-state index is 8.87. The predicted molar refractivity (Wildman–Crippen MR) is 83.1 cm³/mol. The molecule has 0 aliphatic rings. The van der Waals surface area contributed by atoms with Gasteiger partial charge in [0.2, 0.25) is 5.88 Å². The summed E-state index contributed by atoms with van der Waals surface area (Å²) in [6.07, 6.45) is 1.96. The molecular formula is C14H11ClN4OS. The molecule has 0 fully saturated rings. The van der Waals surface area contributed by atoms with Crippen molar-refractivity contribution in [3.63, 3.8) is 0 Å². The zero-order chi connectivity index (χ0) is 14.8. The van der Waals surface area contributed by atoms with Gasteiger partial charge in [-0.05, 0) is 18.2 Å². The number of nitriles is 1. The Morgan fingerprint density at radius 3 is 3.10 bits per heavy atom. The number of aromatic nitrogens is 2. The van der Waals surface area contributed by atoms with Crippen LogP contribution in [0.5, 0.6) is 5.88 Å². The van der Waals surface area contributed by atoms with Crippen LogP contribution in [0.15, 0.2) is 29.8 Å². The summed E-state index contributed by atoms with van der Waals surface area (Å²) in [5.41, 5.74) is 2.24. The van der Waals surface area contributed by atoms with Crippen LogP contribution in [0.2, 0.25) is 5.02 Å². The molecule has 0 atom stereocenters. The average molecular weight is 319 g/mol. The van der Waals surface area contributed by atoms with Crippen LogP contribution < -0.4 is 10.1 Å². The first-order valence-electron chi connectivity index (χ1n) is 6.15. The summed E-state index contributed by atoms with van der Waals surface area (Å²) in [5.74, 6) is 0.606. The Bertz CT molecular complexity index is 833. The van der Waals surface area contributed by atoms with Crippen LogP contribution in [-0.2, 0) is 6.54 Å². The first kappa shape index (κ1) is 13.7. The van der Waals surface area contributed by atoms with Crippen LogP contribution in [0.25, 0.3) is 4.96 Å². The second-order valence-corrected chi connectivity index (χ2v) is 5.56. The summed E-state index contributed by atoms with van der Waals surface area (Å²) >= 11 is 7.58. The third kappa shape index (κ3) is 2.53. The lowest BCUT2D eigenvalue weighted by molar-refractivity contribution is 0.395. The average Bonchev–Trinajstić information content (AvgIpc) is 3.06. The Hall–Kier alpha value is -2.23. The maximum atomic E-state index is 8.87. The highest BCUT2D eigenvalue weighted by atomic mass is 35.5. The molecule has 0 saturated heterocycles. The number of nitrogens with zero attached hydrogens (tertiary/aromatic N) is 3. The molecule has 21 heavy (non-hydrogen) atoms. The molecule has 106 valence electrons. The molecule has 0 saturated carbocycles. The Morgan fingerprint density at radius 2 is 2.38 bits per heavy atom. The highest BCUT2D eigenvalue weighted by Gasteiger charge is 2.13. The van der Waals surface area contributed by atoms with Gasteiger partial charge in [0.25, 0.3) is 0 Å². The molecule has 2 aromatic heterocycles. The molecule has 5 nitrogen and oxygen atoms in total. The van der Waals surface area contributed by atoms with E-state index in [2.05, 4.69) is 10.3 Å². The van der Waals surface area contributed by atoms with Crippen LogP contribution >= 0.6 is 22.9 Å². The molecule has 2 heterocycles. The molecule has 3 rings (SSSR count). The molecule has 0 aliphatic carbocycles. The molecule has 1 aromatic carbocycles. The van der Waals surface area contributed by atoms with E-state index in [0.717, 1.165) is 16.3 Å². The van der Waals surface area contributed by atoms with Crippen molar-refractivity contribution in [2.24, 2.45) is 0 Å². The van der Waals surface area contributed by atoms with E-state index in [1.54, 1.807) is 30.6 Å². The number of hydrogen-bond acceptors (Lipinski definition) is 5. The fourth-order valence-electron chi connectivity index (χ4n) is 2.04. The van der Waals surface area contributed by atoms with E-state index in [9.17, 15) is 0 Å². The lowest BCUT2D eigenvalue weighted by atomic mass is 10.2. The van der Waals surface area contributed by atoms with E-state index in [1.807, 2.05) is 28.1 Å². The molecule has 1 N–H and O–H groups in total. The van der Waals surface area contributed by atoms with Gasteiger partial charge in [0.1, 0.15) is 11.8 Å². The van der Waals surface area contributed by atoms with Gasteiger partial charge in [-0.2, -0.15) is 10.2 Å². The summed E-state index contributed by atoms with van der Waals surface area (Å²) in [6.45, 7) is 0.545. The number of methoxy groups -OCH3 is 1. The summed E-state index contributed by atoms with van der Waals surface area (Å²) in [6, 6.07) is 7.29. The number of benzene rings is 1. The number of anilines is 1. The van der Waals surface area contributed by atoms with Crippen molar-refractivity contribution < 1.29 is 4.74 Å². The van der Waals surface area contributed by atoms with Crippen molar-refractivity contribution in [2.45, 2.75) is 6.54 Å². The molecule has 0 amide bonds. The van der Waals surface area contributed by atoms with Crippen LogP contribution in [0.3, 0.4) is 0 Å². The maximum Gasteiger partial charge on any atom is 0.238 e. The van der Waals surface area contributed by atoms with Crippen LogP contribution in [0.1, 0.15) is 11.3 Å². The van der Waals surface area contributed by atoms with E-state index in [4.69, 9.17) is 21.6 Å². The summed E-state index contributed by atoms with van der Waals surface area (Å²) in [5, 5.41) is 14.5. The molecule has 0 bridgehead atoms. The Balaban J connectivity index is 1.84. The minimum absolute atomic E-state index is 0.434. The quantitative estimate of drug-likeness (QED) is 0.799. The number of nitrogens with one attached hydrogen (secondary N) is 1. The first-order chi connectivity index (χ1) is 10.2. The van der Waals surface area contributed by atoms with E-state index in [-0.39, 0.29) is 0 Å². The van der Waals surface area contributed by atoms with Gasteiger partial charge in [0.15, 0.2) is 4.96 Å². The van der Waals surface area contributed by atoms with Gasteiger partial charge < -0.3 is 10.1 Å². The number of fused-ring (bicyclic) bond motifs is 1. The SMILES string of the molecule is COc1nc2sccn2c1CNc1ccc(C#N)c(Cl)c1. The zero-order valence-electron chi connectivity index (χ0n) is 11.1. The van der Waals surface area contributed by atoms with Gasteiger partial charge in [0.05, 0.1) is 24.2 Å². The van der Waals surface area contributed by atoms with Crippen molar-refractivity contribution in [3.05, 3.63) is 46.1 Å². The lowest BCUT2D eigenvalue weighted by Gasteiger charge is -2.08. The standard InChI is InChI=1S/C14H11ClN4OS/c1-20-13-12(19-4-5-21-14(19)18-13)8-17-10-3-2-9(7-16)11(15)6-10/h2-6,17H,8H2,1H3. The van der Waals surface area contributed by atoms with Crippen molar-refractivity contribution in [1.82, 2.24) is 9.38 Å². The molecule has 0 aliphatic heterocycles. The fourth-order valence-corrected chi connectivity index (χ4v) is 2.99. The van der Waals surface area contributed by atoms with E-state index < -0.39 is 0 Å². The summed E-state index contributed by atoms with van der Waals surface area (Å²) < 4.78 is 7.29. The van der Waals surface area contributed by atoms with Crippen LogP contribution in [0.4, 0.5) is 5.69 Å². The minimum atomic E-state index is 0.434. The van der Waals surface area contributed by atoms with E-state index in [0.29, 0.717) is 23.0 Å². The highest BCUT2D eigenvalue weighted by Crippen LogP contribution is 2.25. The number of imidazole rings is 1. The number of ether oxygens (including phenoxy) is 1. The van der Waals surface area contributed by atoms with E-state index >= 15 is 0 Å². The first-order valence-corrected chi connectivity index (χ1v) is 7.40.